The summed E-state index contributed by atoms with van der Waals surface area (Å²) < 4.78 is 0. The molecule has 0 aliphatic carbocycles. The topological polar surface area (TPSA) is 46.3 Å². The Labute approximate surface area is 80.3 Å². The lowest BCUT2D eigenvalue weighted by molar-refractivity contribution is -0.124. The van der Waals surface area contributed by atoms with Crippen LogP contribution < -0.4 is 5.73 Å². The summed E-state index contributed by atoms with van der Waals surface area (Å²) in [5.74, 6) is 0.459. The Bertz CT molecular complexity index is 180. The second kappa shape index (κ2) is 4.61. The van der Waals surface area contributed by atoms with E-state index in [4.69, 9.17) is 5.73 Å². The third-order valence-corrected chi connectivity index (χ3v) is 2.54. The molecule has 0 unspecified atom stereocenters. The molecule has 3 heteroatoms. The summed E-state index contributed by atoms with van der Waals surface area (Å²) in [4.78, 5) is 13.4. The van der Waals surface area contributed by atoms with Crippen LogP contribution in [0.1, 0.15) is 33.1 Å². The van der Waals surface area contributed by atoms with Gasteiger partial charge < -0.3 is 5.73 Å². The van der Waals surface area contributed by atoms with Gasteiger partial charge in [0.15, 0.2) is 0 Å². The predicted octanol–water partition coefficient (Wildman–Crippen LogP) is 0.982. The summed E-state index contributed by atoms with van der Waals surface area (Å²) in [6.07, 6.45) is 3.29. The van der Waals surface area contributed by atoms with Gasteiger partial charge in [0.25, 0.3) is 0 Å². The summed E-state index contributed by atoms with van der Waals surface area (Å²) in [7, 11) is 0. The van der Waals surface area contributed by atoms with Crippen molar-refractivity contribution in [1.29, 1.82) is 0 Å². The summed E-state index contributed by atoms with van der Waals surface area (Å²) in [6, 6.07) is -0.00356. The Morgan fingerprint density at radius 1 is 1.54 bits per heavy atom. The molecule has 1 amide bonds. The molecule has 13 heavy (non-hydrogen) atoms. The number of carbonyl (C=O) groups excluding carboxylic acids is 1. The van der Waals surface area contributed by atoms with E-state index in [-0.39, 0.29) is 11.9 Å². The molecule has 1 aliphatic rings. The van der Waals surface area contributed by atoms with E-state index in [1.807, 2.05) is 0 Å². The van der Waals surface area contributed by atoms with Crippen molar-refractivity contribution in [3.8, 4) is 0 Å². The number of piperidine rings is 1. The fourth-order valence-corrected chi connectivity index (χ4v) is 2.00. The van der Waals surface area contributed by atoms with Crippen LogP contribution in [0.15, 0.2) is 0 Å². The number of hydrogen-bond acceptors (Lipinski definition) is 2. The standard InChI is InChI=1S/C10H20N2O/c1-8(2)7-12-6-4-3-5-9(12)10(11)13/h8-9H,3-7H2,1-2H3,(H2,11,13)/t9-/m0/s1. The van der Waals surface area contributed by atoms with Crippen LogP contribution in [0.4, 0.5) is 0 Å². The van der Waals surface area contributed by atoms with Crippen LogP contribution in [0.2, 0.25) is 0 Å². The zero-order chi connectivity index (χ0) is 9.84. The van der Waals surface area contributed by atoms with E-state index in [1.165, 1.54) is 6.42 Å². The first-order valence-electron chi connectivity index (χ1n) is 5.14. The molecule has 1 atom stereocenters. The number of nitrogens with zero attached hydrogens (tertiary/aromatic N) is 1. The number of nitrogens with two attached hydrogens (primary N) is 1. The highest BCUT2D eigenvalue weighted by molar-refractivity contribution is 5.79. The maximum atomic E-state index is 11.1. The monoisotopic (exact) mass is 184 g/mol. The Hall–Kier alpha value is -0.570. The Morgan fingerprint density at radius 2 is 2.23 bits per heavy atom. The van der Waals surface area contributed by atoms with Crippen LogP contribution in [0.3, 0.4) is 0 Å². The van der Waals surface area contributed by atoms with Crippen molar-refractivity contribution in [3.63, 3.8) is 0 Å². The lowest BCUT2D eigenvalue weighted by atomic mass is 10.0. The molecular weight excluding hydrogens is 164 g/mol. The first-order valence-corrected chi connectivity index (χ1v) is 5.14. The van der Waals surface area contributed by atoms with E-state index < -0.39 is 0 Å². The lowest BCUT2D eigenvalue weighted by Gasteiger charge is -2.34. The molecule has 0 radical (unpaired) electrons. The number of rotatable bonds is 3. The fourth-order valence-electron chi connectivity index (χ4n) is 2.00. The molecule has 76 valence electrons. The highest BCUT2D eigenvalue weighted by Crippen LogP contribution is 2.17. The van der Waals surface area contributed by atoms with Crippen molar-refractivity contribution >= 4 is 5.91 Å². The third kappa shape index (κ3) is 2.99. The van der Waals surface area contributed by atoms with Crippen molar-refractivity contribution < 1.29 is 4.79 Å². The van der Waals surface area contributed by atoms with Crippen LogP contribution in [0.5, 0.6) is 0 Å². The Kier molecular flexibility index (Phi) is 3.72. The molecule has 0 aromatic heterocycles. The van der Waals surface area contributed by atoms with E-state index >= 15 is 0 Å². The van der Waals surface area contributed by atoms with Crippen molar-refractivity contribution in [2.24, 2.45) is 11.7 Å². The van der Waals surface area contributed by atoms with Gasteiger partial charge in [-0.3, -0.25) is 9.69 Å². The molecule has 1 saturated heterocycles. The highest BCUT2D eigenvalue weighted by Gasteiger charge is 2.26. The average molecular weight is 184 g/mol. The zero-order valence-electron chi connectivity index (χ0n) is 8.62. The molecule has 0 saturated carbocycles. The molecule has 2 N–H and O–H groups in total. The van der Waals surface area contributed by atoms with Gasteiger partial charge in [-0.15, -0.1) is 0 Å². The highest BCUT2D eigenvalue weighted by atomic mass is 16.1. The summed E-state index contributed by atoms with van der Waals surface area (Å²) in [5.41, 5.74) is 5.35. The molecular formula is C10H20N2O. The predicted molar refractivity (Wildman–Crippen MR) is 53.2 cm³/mol. The maximum Gasteiger partial charge on any atom is 0.234 e. The van der Waals surface area contributed by atoms with E-state index in [1.54, 1.807) is 0 Å². The van der Waals surface area contributed by atoms with E-state index in [2.05, 4.69) is 18.7 Å². The largest absolute Gasteiger partial charge is 0.368 e. The van der Waals surface area contributed by atoms with Gasteiger partial charge in [0.2, 0.25) is 5.91 Å². The number of hydrogen-bond donors (Lipinski definition) is 1. The van der Waals surface area contributed by atoms with Gasteiger partial charge in [0, 0.05) is 6.54 Å². The molecule has 0 spiro atoms. The fraction of sp³-hybridized carbons (Fsp3) is 0.900. The quantitative estimate of drug-likeness (QED) is 0.710. The van der Waals surface area contributed by atoms with Gasteiger partial charge in [-0.05, 0) is 25.3 Å². The van der Waals surface area contributed by atoms with Gasteiger partial charge in [0.05, 0.1) is 6.04 Å². The van der Waals surface area contributed by atoms with Gasteiger partial charge >= 0.3 is 0 Å². The third-order valence-electron chi connectivity index (χ3n) is 2.54. The van der Waals surface area contributed by atoms with E-state index in [9.17, 15) is 4.79 Å². The van der Waals surface area contributed by atoms with Crippen LogP contribution >= 0.6 is 0 Å². The van der Waals surface area contributed by atoms with E-state index in [0.717, 1.165) is 25.9 Å². The van der Waals surface area contributed by atoms with Crippen molar-refractivity contribution in [1.82, 2.24) is 4.90 Å². The van der Waals surface area contributed by atoms with Crippen molar-refractivity contribution in [2.45, 2.75) is 39.2 Å². The first-order chi connectivity index (χ1) is 6.11. The molecule has 3 nitrogen and oxygen atoms in total. The second-order valence-corrected chi connectivity index (χ2v) is 4.30. The number of carbonyl (C=O) groups is 1. The maximum absolute atomic E-state index is 11.1. The van der Waals surface area contributed by atoms with Crippen molar-refractivity contribution in [2.75, 3.05) is 13.1 Å². The number of amides is 1. The van der Waals surface area contributed by atoms with Crippen LogP contribution in [-0.4, -0.2) is 29.9 Å². The lowest BCUT2D eigenvalue weighted by Crippen LogP contribution is -2.48. The molecule has 1 rings (SSSR count). The molecule has 0 aromatic rings. The minimum absolute atomic E-state index is 0.00356. The normalized spacial score (nSPS) is 25.0. The molecule has 0 bridgehead atoms. The zero-order valence-corrected chi connectivity index (χ0v) is 8.62. The second-order valence-electron chi connectivity index (χ2n) is 4.30. The summed E-state index contributed by atoms with van der Waals surface area (Å²) >= 11 is 0. The SMILES string of the molecule is CC(C)CN1CCCC[C@H]1C(N)=O. The summed E-state index contributed by atoms with van der Waals surface area (Å²) in [5, 5.41) is 0. The molecule has 1 aliphatic heterocycles. The Balaban J connectivity index is 2.51. The number of likely N-dealkylation sites (tertiary alicyclic amines) is 1. The van der Waals surface area contributed by atoms with Crippen LogP contribution in [0.25, 0.3) is 0 Å². The van der Waals surface area contributed by atoms with Gasteiger partial charge in [-0.25, -0.2) is 0 Å². The molecule has 0 aromatic carbocycles. The van der Waals surface area contributed by atoms with Gasteiger partial charge in [-0.2, -0.15) is 0 Å². The van der Waals surface area contributed by atoms with Crippen LogP contribution in [0, 0.1) is 5.92 Å². The van der Waals surface area contributed by atoms with Gasteiger partial charge in [-0.1, -0.05) is 20.3 Å². The van der Waals surface area contributed by atoms with Crippen LogP contribution in [-0.2, 0) is 4.79 Å². The smallest absolute Gasteiger partial charge is 0.234 e. The van der Waals surface area contributed by atoms with Gasteiger partial charge in [0.1, 0.15) is 0 Å². The minimum atomic E-state index is -0.152. The summed E-state index contributed by atoms with van der Waals surface area (Å²) in [6.45, 7) is 6.37. The van der Waals surface area contributed by atoms with Crippen molar-refractivity contribution in [3.05, 3.63) is 0 Å². The Morgan fingerprint density at radius 3 is 2.77 bits per heavy atom. The number of primary amides is 1. The average Bonchev–Trinajstić information content (AvgIpc) is 2.03. The molecule has 1 heterocycles. The first kappa shape index (κ1) is 10.5. The minimum Gasteiger partial charge on any atom is -0.368 e. The van der Waals surface area contributed by atoms with E-state index in [0.29, 0.717) is 5.92 Å². The molecule has 1 fully saturated rings.